The largest absolute Gasteiger partial charge is 0.486 e. The lowest BCUT2D eigenvalue weighted by Gasteiger charge is -2.21. The highest BCUT2D eigenvalue weighted by molar-refractivity contribution is 7.13. The topological polar surface area (TPSA) is 86.8 Å². The summed E-state index contributed by atoms with van der Waals surface area (Å²) in [5, 5.41) is 6.04. The van der Waals surface area contributed by atoms with E-state index in [9.17, 15) is 9.59 Å². The smallest absolute Gasteiger partial charge is 0.437 e. The van der Waals surface area contributed by atoms with Gasteiger partial charge in [0.25, 0.3) is 5.89 Å². The van der Waals surface area contributed by atoms with Crippen LogP contribution in [0.25, 0.3) is 10.8 Å². The number of rotatable bonds is 6. The van der Waals surface area contributed by atoms with Crippen molar-refractivity contribution in [1.29, 1.82) is 0 Å². The molecule has 9 heteroatoms. The van der Waals surface area contributed by atoms with Crippen LogP contribution in [0.2, 0.25) is 0 Å². The molecule has 0 bridgehead atoms. The number of benzene rings is 1. The van der Waals surface area contributed by atoms with Crippen molar-refractivity contribution in [2.45, 2.75) is 19.5 Å². The lowest BCUT2D eigenvalue weighted by atomic mass is 10.2. The number of carbonyl (C=O) groups excluding carboxylic acids is 1. The van der Waals surface area contributed by atoms with Crippen LogP contribution in [0.1, 0.15) is 12.0 Å². The summed E-state index contributed by atoms with van der Waals surface area (Å²) >= 11 is 1.44. The number of nitrogens with zero attached hydrogens (tertiary/aromatic N) is 3. The van der Waals surface area contributed by atoms with Crippen molar-refractivity contribution in [3.63, 3.8) is 0 Å². The molecule has 0 unspecified atom stereocenters. The molecule has 0 atom stereocenters. The zero-order valence-corrected chi connectivity index (χ0v) is 16.1. The van der Waals surface area contributed by atoms with Crippen molar-refractivity contribution in [1.82, 2.24) is 14.7 Å². The first-order valence-electron chi connectivity index (χ1n) is 8.84. The van der Waals surface area contributed by atoms with Crippen LogP contribution in [0.5, 0.6) is 11.5 Å². The molecule has 3 aromatic rings. The molecule has 4 rings (SSSR count). The van der Waals surface area contributed by atoms with Crippen molar-refractivity contribution < 1.29 is 18.7 Å². The predicted octanol–water partition coefficient (Wildman–Crippen LogP) is 2.38. The van der Waals surface area contributed by atoms with E-state index < -0.39 is 5.76 Å². The third kappa shape index (κ3) is 3.94. The Morgan fingerprint density at radius 2 is 2.07 bits per heavy atom. The van der Waals surface area contributed by atoms with E-state index in [1.54, 1.807) is 11.9 Å². The highest BCUT2D eigenvalue weighted by atomic mass is 32.1. The van der Waals surface area contributed by atoms with E-state index in [0.29, 0.717) is 25.5 Å². The predicted molar refractivity (Wildman–Crippen MR) is 103 cm³/mol. The van der Waals surface area contributed by atoms with E-state index in [-0.39, 0.29) is 24.8 Å². The third-order valence-corrected chi connectivity index (χ3v) is 5.19. The first kappa shape index (κ1) is 18.3. The average molecular weight is 401 g/mol. The number of carbonyl (C=O) groups is 1. The number of hydrogen-bond donors (Lipinski definition) is 0. The summed E-state index contributed by atoms with van der Waals surface area (Å²) in [7, 11) is 1.72. The molecule has 0 saturated heterocycles. The lowest BCUT2D eigenvalue weighted by molar-refractivity contribution is -0.130. The minimum absolute atomic E-state index is 0.0949. The van der Waals surface area contributed by atoms with Crippen molar-refractivity contribution in [2.24, 2.45) is 0 Å². The second-order valence-electron chi connectivity index (χ2n) is 6.35. The molecule has 0 saturated carbocycles. The Bertz CT molecular complexity index is 1020. The van der Waals surface area contributed by atoms with Crippen LogP contribution in [-0.4, -0.2) is 40.8 Å². The summed E-state index contributed by atoms with van der Waals surface area (Å²) in [5.41, 5.74) is 0.943. The van der Waals surface area contributed by atoms with Gasteiger partial charge < -0.3 is 18.8 Å². The lowest BCUT2D eigenvalue weighted by Crippen LogP contribution is -2.28. The molecule has 1 aliphatic heterocycles. The van der Waals surface area contributed by atoms with Gasteiger partial charge in [0.2, 0.25) is 5.91 Å². The maximum Gasteiger partial charge on any atom is 0.437 e. The molecular weight excluding hydrogens is 382 g/mol. The summed E-state index contributed by atoms with van der Waals surface area (Å²) in [6, 6.07) is 9.32. The van der Waals surface area contributed by atoms with E-state index in [2.05, 4.69) is 5.10 Å². The summed E-state index contributed by atoms with van der Waals surface area (Å²) in [4.78, 5) is 26.8. The highest BCUT2D eigenvalue weighted by Crippen LogP contribution is 2.31. The normalized spacial score (nSPS) is 12.8. The molecule has 3 heterocycles. The molecule has 146 valence electrons. The molecule has 0 radical (unpaired) electrons. The van der Waals surface area contributed by atoms with Crippen molar-refractivity contribution in [2.75, 3.05) is 20.3 Å². The van der Waals surface area contributed by atoms with E-state index in [1.165, 1.54) is 16.0 Å². The average Bonchev–Trinajstić information content (AvgIpc) is 3.36. The van der Waals surface area contributed by atoms with E-state index in [4.69, 9.17) is 13.9 Å². The minimum Gasteiger partial charge on any atom is -0.486 e. The van der Waals surface area contributed by atoms with Crippen LogP contribution in [-0.2, 0) is 17.9 Å². The maximum atomic E-state index is 12.5. The van der Waals surface area contributed by atoms with Crippen LogP contribution in [0.15, 0.2) is 44.9 Å². The Morgan fingerprint density at radius 3 is 2.86 bits per heavy atom. The fourth-order valence-corrected chi connectivity index (χ4v) is 3.53. The number of aromatic nitrogens is 2. The number of fused-ring (bicyclic) bond motifs is 1. The van der Waals surface area contributed by atoms with Crippen LogP contribution >= 0.6 is 11.3 Å². The molecule has 8 nitrogen and oxygen atoms in total. The summed E-state index contributed by atoms with van der Waals surface area (Å²) < 4.78 is 17.4. The van der Waals surface area contributed by atoms with Gasteiger partial charge >= 0.3 is 5.76 Å². The number of thiophene rings is 1. The van der Waals surface area contributed by atoms with Gasteiger partial charge in [-0.3, -0.25) is 4.79 Å². The van der Waals surface area contributed by atoms with Gasteiger partial charge in [-0.1, -0.05) is 12.1 Å². The van der Waals surface area contributed by atoms with E-state index in [0.717, 1.165) is 16.2 Å². The molecule has 0 spiro atoms. The molecule has 1 aromatic carbocycles. The van der Waals surface area contributed by atoms with Gasteiger partial charge in [-0.2, -0.15) is 4.68 Å². The Kier molecular flexibility index (Phi) is 5.16. The molecule has 28 heavy (non-hydrogen) atoms. The monoisotopic (exact) mass is 401 g/mol. The SMILES string of the molecule is CN(Cc1ccc2c(c1)OCCO2)C(=O)CCn1nc(-c2cccs2)oc1=O. The third-order valence-electron chi connectivity index (χ3n) is 4.33. The zero-order valence-electron chi connectivity index (χ0n) is 15.3. The summed E-state index contributed by atoms with van der Waals surface area (Å²) in [6.07, 6.45) is 0.150. The van der Waals surface area contributed by atoms with E-state index in [1.807, 2.05) is 35.7 Å². The van der Waals surface area contributed by atoms with Gasteiger partial charge in [0, 0.05) is 20.0 Å². The van der Waals surface area contributed by atoms with Crippen molar-refractivity contribution in [3.8, 4) is 22.3 Å². The Labute approximate surface area is 164 Å². The maximum absolute atomic E-state index is 12.5. The Balaban J connectivity index is 1.35. The van der Waals surface area contributed by atoms with Crippen LogP contribution in [0.3, 0.4) is 0 Å². The number of aryl methyl sites for hydroxylation is 1. The fraction of sp³-hybridized carbons (Fsp3) is 0.316. The quantitative estimate of drug-likeness (QED) is 0.630. The number of ether oxygens (including phenoxy) is 2. The van der Waals surface area contributed by atoms with Gasteiger partial charge in [-0.15, -0.1) is 16.4 Å². The van der Waals surface area contributed by atoms with Crippen molar-refractivity contribution >= 4 is 17.2 Å². The molecule has 0 N–H and O–H groups in total. The molecule has 0 aliphatic carbocycles. The first-order chi connectivity index (χ1) is 13.6. The number of hydrogen-bond acceptors (Lipinski definition) is 7. The second kappa shape index (κ2) is 7.89. The summed E-state index contributed by atoms with van der Waals surface area (Å²) in [6.45, 7) is 1.66. The molecule has 2 aromatic heterocycles. The summed E-state index contributed by atoms with van der Waals surface area (Å²) in [5.74, 6) is 1.03. The fourth-order valence-electron chi connectivity index (χ4n) is 2.89. The van der Waals surface area contributed by atoms with Crippen LogP contribution < -0.4 is 15.2 Å². The van der Waals surface area contributed by atoms with Crippen LogP contribution in [0, 0.1) is 0 Å². The number of amides is 1. The Morgan fingerprint density at radius 1 is 1.25 bits per heavy atom. The zero-order chi connectivity index (χ0) is 19.5. The Hall–Kier alpha value is -3.07. The first-order valence-corrected chi connectivity index (χ1v) is 9.72. The van der Waals surface area contributed by atoms with Crippen LogP contribution in [0.4, 0.5) is 0 Å². The minimum atomic E-state index is -0.564. The van der Waals surface area contributed by atoms with E-state index >= 15 is 0 Å². The molecule has 0 fully saturated rings. The molecule has 1 aliphatic rings. The molecule has 1 amide bonds. The standard InChI is InChI=1S/C19H19N3O5S/c1-21(12-13-4-5-14-15(11-13)26-9-8-25-14)17(23)6-7-22-19(24)27-18(20-22)16-3-2-10-28-16/h2-5,10-11H,6-9,12H2,1H3. The second-order valence-corrected chi connectivity index (χ2v) is 7.30. The molecular formula is C19H19N3O5S. The van der Waals surface area contributed by atoms with Gasteiger partial charge in [-0.25, -0.2) is 4.79 Å². The van der Waals surface area contributed by atoms with Crippen molar-refractivity contribution in [3.05, 3.63) is 51.8 Å². The van der Waals surface area contributed by atoms with Gasteiger partial charge in [0.05, 0.1) is 11.4 Å². The van der Waals surface area contributed by atoms with Gasteiger partial charge in [0.15, 0.2) is 11.5 Å². The van der Waals surface area contributed by atoms with Gasteiger partial charge in [0.1, 0.15) is 13.2 Å². The highest BCUT2D eigenvalue weighted by Gasteiger charge is 2.16. The van der Waals surface area contributed by atoms with Gasteiger partial charge in [-0.05, 0) is 29.1 Å².